The van der Waals surface area contributed by atoms with Crippen LogP contribution in [0.2, 0.25) is 0 Å². The monoisotopic (exact) mass is 287 g/mol. The lowest BCUT2D eigenvalue weighted by molar-refractivity contribution is 0.507. The molecule has 3 aromatic rings. The molecule has 0 saturated carbocycles. The molecule has 0 aliphatic rings. The maximum absolute atomic E-state index is 13.1. The van der Waals surface area contributed by atoms with Gasteiger partial charge in [0.25, 0.3) is 0 Å². The Morgan fingerprint density at radius 3 is 2.71 bits per heavy atom. The van der Waals surface area contributed by atoms with Crippen LogP contribution in [-0.4, -0.2) is 20.6 Å². The maximum atomic E-state index is 13.1. The van der Waals surface area contributed by atoms with E-state index in [2.05, 4.69) is 25.9 Å². The van der Waals surface area contributed by atoms with E-state index in [-0.39, 0.29) is 0 Å². The number of tetrazole rings is 1. The van der Waals surface area contributed by atoms with Crippen LogP contribution in [0.5, 0.6) is 0 Å². The summed E-state index contributed by atoms with van der Waals surface area (Å²) in [7, 11) is 0. The van der Waals surface area contributed by atoms with Crippen molar-refractivity contribution in [3.05, 3.63) is 59.7 Å². The number of rotatable bonds is 4. The molecule has 0 bridgehead atoms. The van der Waals surface area contributed by atoms with Crippen LogP contribution in [0.1, 0.15) is 5.56 Å². The predicted molar refractivity (Wildman–Crippen MR) is 73.3 cm³/mol. The summed E-state index contributed by atoms with van der Waals surface area (Å²) >= 11 is 0. The van der Waals surface area contributed by atoms with E-state index >= 15 is 0 Å². The highest BCUT2D eigenvalue weighted by atomic mass is 19.2. The topological polar surface area (TPSA) is 66.5 Å². The summed E-state index contributed by atoms with van der Waals surface area (Å²) in [6, 6.07) is 11.2. The lowest BCUT2D eigenvalue weighted by atomic mass is 10.1. The van der Waals surface area contributed by atoms with Crippen molar-refractivity contribution in [1.29, 1.82) is 0 Å². The van der Waals surface area contributed by atoms with Crippen LogP contribution in [-0.2, 0) is 6.54 Å². The van der Waals surface area contributed by atoms with Gasteiger partial charge in [-0.15, -0.1) is 10.2 Å². The molecule has 106 valence electrons. The molecule has 0 aliphatic heterocycles. The van der Waals surface area contributed by atoms with Gasteiger partial charge in [-0.3, -0.25) is 0 Å². The number of halogens is 2. The molecule has 2 N–H and O–H groups in total. The number of nitrogens with zero attached hydrogens (tertiary/aromatic N) is 3. The van der Waals surface area contributed by atoms with Gasteiger partial charge in [-0.05, 0) is 35.0 Å². The number of hydrogen-bond donors (Lipinski definition) is 2. The lowest BCUT2D eigenvalue weighted by Crippen LogP contribution is -2.00. The van der Waals surface area contributed by atoms with E-state index in [0.717, 1.165) is 17.3 Å². The normalized spacial score (nSPS) is 10.6. The molecule has 21 heavy (non-hydrogen) atoms. The minimum absolute atomic E-state index is 0.382. The van der Waals surface area contributed by atoms with Crippen LogP contribution in [0.15, 0.2) is 42.5 Å². The van der Waals surface area contributed by atoms with E-state index in [4.69, 9.17) is 0 Å². The first-order valence-electron chi connectivity index (χ1n) is 6.24. The molecule has 3 rings (SSSR count). The Morgan fingerprint density at radius 2 is 1.95 bits per heavy atom. The van der Waals surface area contributed by atoms with Crippen molar-refractivity contribution in [1.82, 2.24) is 20.6 Å². The molecular formula is C14H11F2N5. The maximum Gasteiger partial charge on any atom is 0.204 e. The molecular weight excluding hydrogens is 276 g/mol. The average Bonchev–Trinajstić information content (AvgIpc) is 3.03. The Labute approximate surface area is 119 Å². The van der Waals surface area contributed by atoms with Crippen molar-refractivity contribution in [3.8, 4) is 11.4 Å². The molecule has 0 fully saturated rings. The van der Waals surface area contributed by atoms with E-state index in [1.807, 2.05) is 24.3 Å². The van der Waals surface area contributed by atoms with Gasteiger partial charge in [0.1, 0.15) is 0 Å². The van der Waals surface area contributed by atoms with E-state index in [1.54, 1.807) is 0 Å². The largest absolute Gasteiger partial charge is 0.381 e. The number of nitrogens with one attached hydrogen (secondary N) is 2. The van der Waals surface area contributed by atoms with Crippen LogP contribution in [0, 0.1) is 11.6 Å². The summed E-state index contributed by atoms with van der Waals surface area (Å²) < 4.78 is 26.0. The minimum atomic E-state index is -0.852. The van der Waals surface area contributed by atoms with Crippen molar-refractivity contribution < 1.29 is 8.78 Å². The third kappa shape index (κ3) is 3.02. The smallest absolute Gasteiger partial charge is 0.204 e. The van der Waals surface area contributed by atoms with Crippen LogP contribution in [0.25, 0.3) is 11.4 Å². The van der Waals surface area contributed by atoms with Crippen LogP contribution in [0.3, 0.4) is 0 Å². The number of aromatic nitrogens is 4. The molecule has 1 aromatic heterocycles. The first-order chi connectivity index (χ1) is 10.2. The number of benzene rings is 2. The summed E-state index contributed by atoms with van der Waals surface area (Å²) in [6.07, 6.45) is 0. The molecule has 1 heterocycles. The fourth-order valence-corrected chi connectivity index (χ4v) is 1.91. The minimum Gasteiger partial charge on any atom is -0.381 e. The highest BCUT2D eigenvalue weighted by Gasteiger charge is 2.05. The van der Waals surface area contributed by atoms with Gasteiger partial charge in [-0.1, -0.05) is 18.2 Å². The zero-order valence-corrected chi connectivity index (χ0v) is 10.8. The van der Waals surface area contributed by atoms with Gasteiger partial charge in [0.2, 0.25) is 5.82 Å². The Balaban J connectivity index is 1.73. The summed E-state index contributed by atoms with van der Waals surface area (Å²) in [4.78, 5) is 0. The van der Waals surface area contributed by atoms with E-state index in [1.165, 1.54) is 12.1 Å². The second kappa shape index (κ2) is 5.66. The Bertz CT molecular complexity index is 743. The second-order valence-electron chi connectivity index (χ2n) is 4.42. The molecule has 0 atom stereocenters. The van der Waals surface area contributed by atoms with Crippen molar-refractivity contribution in [2.45, 2.75) is 6.54 Å². The average molecular weight is 287 g/mol. The van der Waals surface area contributed by atoms with Crippen molar-refractivity contribution in [2.75, 3.05) is 5.32 Å². The quantitative estimate of drug-likeness (QED) is 0.774. The zero-order valence-electron chi connectivity index (χ0n) is 10.8. The molecule has 0 amide bonds. The first-order valence-corrected chi connectivity index (χ1v) is 6.24. The van der Waals surface area contributed by atoms with Gasteiger partial charge in [0, 0.05) is 17.8 Å². The molecule has 2 aromatic carbocycles. The van der Waals surface area contributed by atoms with Crippen LogP contribution >= 0.6 is 0 Å². The van der Waals surface area contributed by atoms with Gasteiger partial charge < -0.3 is 5.32 Å². The molecule has 7 heteroatoms. The van der Waals surface area contributed by atoms with E-state index in [0.29, 0.717) is 17.9 Å². The fraction of sp³-hybridized carbons (Fsp3) is 0.0714. The molecule has 0 unspecified atom stereocenters. The number of anilines is 1. The predicted octanol–water partition coefficient (Wildman–Crippen LogP) is 2.76. The fourth-order valence-electron chi connectivity index (χ4n) is 1.91. The van der Waals surface area contributed by atoms with E-state index in [9.17, 15) is 8.78 Å². The van der Waals surface area contributed by atoms with Gasteiger partial charge in [-0.25, -0.2) is 8.78 Å². The molecule has 0 aliphatic carbocycles. The Hall–Kier alpha value is -2.83. The molecule has 0 saturated heterocycles. The standard InChI is InChI=1S/C14H11F2N5/c15-12-5-4-9(6-13(12)16)8-17-11-3-1-2-10(7-11)14-18-20-21-19-14/h1-7,17H,8H2,(H,18,19,20,21). The van der Waals surface area contributed by atoms with Crippen LogP contribution < -0.4 is 5.32 Å². The zero-order chi connectivity index (χ0) is 14.7. The Morgan fingerprint density at radius 1 is 1.05 bits per heavy atom. The number of aromatic amines is 1. The lowest BCUT2D eigenvalue weighted by Gasteiger charge is -2.07. The molecule has 0 radical (unpaired) electrons. The van der Waals surface area contributed by atoms with Crippen molar-refractivity contribution in [3.63, 3.8) is 0 Å². The molecule has 5 nitrogen and oxygen atoms in total. The third-order valence-electron chi connectivity index (χ3n) is 2.95. The van der Waals surface area contributed by atoms with Gasteiger partial charge in [-0.2, -0.15) is 5.21 Å². The summed E-state index contributed by atoms with van der Waals surface area (Å²) in [5, 5.41) is 16.8. The number of H-pyrrole nitrogens is 1. The summed E-state index contributed by atoms with van der Waals surface area (Å²) in [6.45, 7) is 0.382. The molecule has 0 spiro atoms. The van der Waals surface area contributed by atoms with Crippen LogP contribution in [0.4, 0.5) is 14.5 Å². The highest BCUT2D eigenvalue weighted by molar-refractivity contribution is 5.61. The number of hydrogen-bond acceptors (Lipinski definition) is 4. The van der Waals surface area contributed by atoms with Gasteiger partial charge in [0.05, 0.1) is 0 Å². The summed E-state index contributed by atoms with van der Waals surface area (Å²) in [5.74, 6) is -1.21. The van der Waals surface area contributed by atoms with Crippen molar-refractivity contribution >= 4 is 5.69 Å². The highest BCUT2D eigenvalue weighted by Crippen LogP contribution is 2.19. The van der Waals surface area contributed by atoms with Crippen molar-refractivity contribution in [2.24, 2.45) is 0 Å². The Kier molecular flexibility index (Phi) is 3.55. The first kappa shape index (κ1) is 13.2. The third-order valence-corrected chi connectivity index (χ3v) is 2.95. The SMILES string of the molecule is Fc1ccc(CNc2cccc(-c3nn[nH]n3)c2)cc1F. The second-order valence-corrected chi connectivity index (χ2v) is 4.42. The summed E-state index contributed by atoms with van der Waals surface area (Å²) in [5.41, 5.74) is 2.28. The van der Waals surface area contributed by atoms with E-state index < -0.39 is 11.6 Å². The van der Waals surface area contributed by atoms with Gasteiger partial charge >= 0.3 is 0 Å². The van der Waals surface area contributed by atoms with Gasteiger partial charge in [0.15, 0.2) is 11.6 Å².